The molecule has 0 saturated carbocycles. The summed E-state index contributed by atoms with van der Waals surface area (Å²) in [6, 6.07) is 9.46. The molecule has 18 heavy (non-hydrogen) atoms. The topological polar surface area (TPSA) is 23.5 Å². The third-order valence-electron chi connectivity index (χ3n) is 4.02. The molecule has 1 aliphatic rings. The van der Waals surface area contributed by atoms with Gasteiger partial charge in [0.15, 0.2) is 0 Å². The maximum Gasteiger partial charge on any atom is 0.0445 e. The molecule has 1 atom stereocenters. The number of piperidine rings is 1. The van der Waals surface area contributed by atoms with Crippen molar-refractivity contribution in [2.75, 3.05) is 19.7 Å². The van der Waals surface area contributed by atoms with Crippen molar-refractivity contribution in [1.29, 1.82) is 0 Å². The monoisotopic (exact) mass is 247 g/mol. The van der Waals surface area contributed by atoms with Crippen LogP contribution in [0.3, 0.4) is 0 Å². The molecule has 1 unspecified atom stereocenters. The summed E-state index contributed by atoms with van der Waals surface area (Å²) >= 11 is 0. The first kappa shape index (κ1) is 13.6. The van der Waals surface area contributed by atoms with Gasteiger partial charge < -0.3 is 5.11 Å². The molecule has 2 nitrogen and oxygen atoms in total. The summed E-state index contributed by atoms with van der Waals surface area (Å²) < 4.78 is 0. The normalized spacial score (nSPS) is 21.1. The standard InChI is InChI=1S/C16H25NO/c1-14-5-7-15(8-6-14)9-12-17-11-3-2-4-16(17)10-13-18/h5-8,16,18H,2-4,9-13H2,1H3. The Morgan fingerprint density at radius 1 is 1.22 bits per heavy atom. The van der Waals surface area contributed by atoms with Gasteiger partial charge in [-0.05, 0) is 44.7 Å². The van der Waals surface area contributed by atoms with Crippen LogP contribution in [0.2, 0.25) is 0 Å². The highest BCUT2D eigenvalue weighted by atomic mass is 16.3. The first-order chi connectivity index (χ1) is 8.79. The summed E-state index contributed by atoms with van der Waals surface area (Å²) in [6.07, 6.45) is 5.96. The van der Waals surface area contributed by atoms with Crippen molar-refractivity contribution in [3.63, 3.8) is 0 Å². The average Bonchev–Trinajstić information content (AvgIpc) is 2.40. The number of aliphatic hydroxyl groups excluding tert-OH is 1. The number of rotatable bonds is 5. The van der Waals surface area contributed by atoms with Crippen molar-refractivity contribution in [1.82, 2.24) is 4.90 Å². The summed E-state index contributed by atoms with van der Waals surface area (Å²) in [5, 5.41) is 9.13. The molecule has 2 rings (SSSR count). The van der Waals surface area contributed by atoms with Crippen LogP contribution in [0.25, 0.3) is 0 Å². The largest absolute Gasteiger partial charge is 0.396 e. The Hall–Kier alpha value is -0.860. The van der Waals surface area contributed by atoms with Gasteiger partial charge in [-0.1, -0.05) is 36.2 Å². The molecule has 0 radical (unpaired) electrons. The smallest absolute Gasteiger partial charge is 0.0445 e. The molecule has 100 valence electrons. The molecule has 0 bridgehead atoms. The predicted octanol–water partition coefficient (Wildman–Crippen LogP) is 2.77. The van der Waals surface area contributed by atoms with Crippen LogP contribution in [-0.4, -0.2) is 35.7 Å². The van der Waals surface area contributed by atoms with E-state index in [4.69, 9.17) is 5.11 Å². The molecule has 0 aromatic heterocycles. The predicted molar refractivity (Wildman–Crippen MR) is 75.8 cm³/mol. The van der Waals surface area contributed by atoms with Crippen molar-refractivity contribution in [2.24, 2.45) is 0 Å². The summed E-state index contributed by atoms with van der Waals surface area (Å²) in [6.45, 7) is 4.79. The second-order valence-electron chi connectivity index (χ2n) is 5.43. The van der Waals surface area contributed by atoms with Crippen LogP contribution in [0.15, 0.2) is 24.3 Å². The van der Waals surface area contributed by atoms with Crippen molar-refractivity contribution in [2.45, 2.75) is 45.1 Å². The lowest BCUT2D eigenvalue weighted by molar-refractivity contribution is 0.120. The molecular weight excluding hydrogens is 222 g/mol. The minimum atomic E-state index is 0.325. The molecule has 0 spiro atoms. The lowest BCUT2D eigenvalue weighted by Gasteiger charge is -2.35. The molecule has 0 aliphatic carbocycles. The highest BCUT2D eigenvalue weighted by Gasteiger charge is 2.21. The van der Waals surface area contributed by atoms with Crippen LogP contribution < -0.4 is 0 Å². The first-order valence-corrected chi connectivity index (χ1v) is 7.20. The number of likely N-dealkylation sites (tertiary alicyclic amines) is 1. The minimum Gasteiger partial charge on any atom is -0.396 e. The zero-order valence-electron chi connectivity index (χ0n) is 11.4. The van der Waals surface area contributed by atoms with E-state index in [-0.39, 0.29) is 0 Å². The fourth-order valence-corrected chi connectivity index (χ4v) is 2.86. The Balaban J connectivity index is 1.85. The van der Waals surface area contributed by atoms with E-state index in [0.29, 0.717) is 12.6 Å². The minimum absolute atomic E-state index is 0.325. The van der Waals surface area contributed by atoms with Gasteiger partial charge in [-0.15, -0.1) is 0 Å². The quantitative estimate of drug-likeness (QED) is 0.865. The lowest BCUT2D eigenvalue weighted by atomic mass is 9.99. The first-order valence-electron chi connectivity index (χ1n) is 7.20. The van der Waals surface area contributed by atoms with E-state index in [0.717, 1.165) is 19.4 Å². The van der Waals surface area contributed by atoms with Gasteiger partial charge >= 0.3 is 0 Å². The molecule has 1 N–H and O–H groups in total. The fraction of sp³-hybridized carbons (Fsp3) is 0.625. The fourth-order valence-electron chi connectivity index (χ4n) is 2.86. The third kappa shape index (κ3) is 3.82. The Morgan fingerprint density at radius 2 is 2.00 bits per heavy atom. The van der Waals surface area contributed by atoms with Gasteiger partial charge in [-0.25, -0.2) is 0 Å². The number of aliphatic hydroxyl groups is 1. The van der Waals surface area contributed by atoms with E-state index in [1.54, 1.807) is 0 Å². The zero-order chi connectivity index (χ0) is 12.8. The molecule has 1 aliphatic heterocycles. The maximum absolute atomic E-state index is 9.13. The molecule has 1 fully saturated rings. The lowest BCUT2D eigenvalue weighted by Crippen LogP contribution is -2.41. The summed E-state index contributed by atoms with van der Waals surface area (Å²) in [5.74, 6) is 0. The van der Waals surface area contributed by atoms with Crippen molar-refractivity contribution in [3.05, 3.63) is 35.4 Å². The zero-order valence-corrected chi connectivity index (χ0v) is 11.4. The van der Waals surface area contributed by atoms with E-state index >= 15 is 0 Å². The molecule has 1 aromatic rings. The number of hydrogen-bond acceptors (Lipinski definition) is 2. The average molecular weight is 247 g/mol. The summed E-state index contributed by atoms with van der Waals surface area (Å²) in [5.41, 5.74) is 2.75. The van der Waals surface area contributed by atoms with E-state index < -0.39 is 0 Å². The van der Waals surface area contributed by atoms with Gasteiger partial charge in [-0.2, -0.15) is 0 Å². The maximum atomic E-state index is 9.13. The molecule has 1 saturated heterocycles. The second-order valence-corrected chi connectivity index (χ2v) is 5.43. The highest BCUT2D eigenvalue weighted by Crippen LogP contribution is 2.19. The van der Waals surface area contributed by atoms with E-state index in [9.17, 15) is 0 Å². The Labute approximate surface area is 111 Å². The van der Waals surface area contributed by atoms with Crippen molar-refractivity contribution in [3.8, 4) is 0 Å². The highest BCUT2D eigenvalue weighted by molar-refractivity contribution is 5.21. The van der Waals surface area contributed by atoms with E-state index in [1.807, 2.05) is 0 Å². The number of nitrogens with zero attached hydrogens (tertiary/aromatic N) is 1. The van der Waals surface area contributed by atoms with Crippen LogP contribution in [0.1, 0.15) is 36.8 Å². The molecule has 0 amide bonds. The molecular formula is C16H25NO. The van der Waals surface area contributed by atoms with Gasteiger partial charge in [0.2, 0.25) is 0 Å². The van der Waals surface area contributed by atoms with Gasteiger partial charge in [0.05, 0.1) is 0 Å². The Bertz CT molecular complexity index is 345. The number of hydrogen-bond donors (Lipinski definition) is 1. The van der Waals surface area contributed by atoms with Crippen LogP contribution >= 0.6 is 0 Å². The van der Waals surface area contributed by atoms with Gasteiger partial charge in [-0.3, -0.25) is 4.90 Å². The van der Waals surface area contributed by atoms with Gasteiger partial charge in [0.25, 0.3) is 0 Å². The van der Waals surface area contributed by atoms with E-state index in [2.05, 4.69) is 36.1 Å². The Morgan fingerprint density at radius 3 is 2.72 bits per heavy atom. The van der Waals surface area contributed by atoms with Crippen LogP contribution in [-0.2, 0) is 6.42 Å². The molecule has 1 heterocycles. The summed E-state index contributed by atoms with van der Waals surface area (Å²) in [7, 11) is 0. The van der Waals surface area contributed by atoms with Crippen LogP contribution in [0.5, 0.6) is 0 Å². The van der Waals surface area contributed by atoms with E-state index in [1.165, 1.54) is 36.9 Å². The Kier molecular flexibility index (Phi) is 5.21. The third-order valence-corrected chi connectivity index (χ3v) is 4.02. The van der Waals surface area contributed by atoms with Crippen molar-refractivity contribution >= 4 is 0 Å². The van der Waals surface area contributed by atoms with Crippen molar-refractivity contribution < 1.29 is 5.11 Å². The van der Waals surface area contributed by atoms with Crippen LogP contribution in [0, 0.1) is 6.92 Å². The summed E-state index contributed by atoms with van der Waals surface area (Å²) in [4.78, 5) is 2.57. The van der Waals surface area contributed by atoms with Crippen LogP contribution in [0.4, 0.5) is 0 Å². The number of aryl methyl sites for hydroxylation is 1. The van der Waals surface area contributed by atoms with Gasteiger partial charge in [0, 0.05) is 19.2 Å². The second kappa shape index (κ2) is 6.91. The molecule has 2 heteroatoms. The molecule has 1 aromatic carbocycles. The SMILES string of the molecule is Cc1ccc(CCN2CCCCC2CCO)cc1. The number of benzene rings is 1. The van der Waals surface area contributed by atoms with Gasteiger partial charge in [0.1, 0.15) is 0 Å².